The van der Waals surface area contributed by atoms with Gasteiger partial charge in [-0.25, -0.2) is 9.97 Å². The van der Waals surface area contributed by atoms with Gasteiger partial charge in [-0.1, -0.05) is 17.4 Å². The summed E-state index contributed by atoms with van der Waals surface area (Å²) in [6.45, 7) is 6.02. The number of hydrogen-bond acceptors (Lipinski definition) is 5. The molecule has 1 aliphatic carbocycles. The smallest absolute Gasteiger partial charge is 0.273 e. The number of imidazole rings is 1. The molecule has 3 aromatic rings. The standard InChI is InChI=1S/C18H20N4OS/c1-13-7-20-17(24-13)23-12-18-6-14(18)9-21(11-18)10-16-19-8-15-4-2-3-5-22(15)16/h2-5,7-8,14H,6,9-12H2,1H3. The van der Waals surface area contributed by atoms with Gasteiger partial charge in [0.2, 0.25) is 0 Å². The molecule has 6 heteroatoms. The molecule has 0 amide bonds. The van der Waals surface area contributed by atoms with Crippen molar-refractivity contribution in [1.82, 2.24) is 19.3 Å². The molecular weight excluding hydrogens is 320 g/mol. The van der Waals surface area contributed by atoms with E-state index in [0.717, 1.165) is 48.7 Å². The second kappa shape index (κ2) is 5.29. The molecule has 0 radical (unpaired) electrons. The van der Waals surface area contributed by atoms with Crippen LogP contribution in [-0.2, 0) is 6.54 Å². The zero-order valence-corrected chi connectivity index (χ0v) is 14.5. The van der Waals surface area contributed by atoms with Gasteiger partial charge in [-0.15, -0.1) is 0 Å². The Morgan fingerprint density at radius 1 is 1.33 bits per heavy atom. The monoisotopic (exact) mass is 340 g/mol. The first-order valence-electron chi connectivity index (χ1n) is 8.40. The van der Waals surface area contributed by atoms with E-state index in [0.29, 0.717) is 5.41 Å². The van der Waals surface area contributed by atoms with Crippen LogP contribution in [0.1, 0.15) is 17.1 Å². The summed E-state index contributed by atoms with van der Waals surface area (Å²) in [6, 6.07) is 6.22. The molecule has 0 bridgehead atoms. The largest absolute Gasteiger partial charge is 0.469 e. The van der Waals surface area contributed by atoms with Crippen molar-refractivity contribution >= 4 is 16.9 Å². The number of pyridine rings is 1. The van der Waals surface area contributed by atoms with Crippen LogP contribution in [0.5, 0.6) is 5.19 Å². The van der Waals surface area contributed by atoms with E-state index in [1.807, 2.05) is 12.4 Å². The van der Waals surface area contributed by atoms with Crippen molar-refractivity contribution in [3.8, 4) is 5.19 Å². The van der Waals surface area contributed by atoms with Crippen molar-refractivity contribution in [3.05, 3.63) is 47.5 Å². The molecule has 1 saturated heterocycles. The predicted molar refractivity (Wildman–Crippen MR) is 93.4 cm³/mol. The number of aromatic nitrogens is 3. The van der Waals surface area contributed by atoms with Gasteiger partial charge < -0.3 is 9.14 Å². The highest BCUT2D eigenvalue weighted by atomic mass is 32.1. The lowest BCUT2D eigenvalue weighted by molar-refractivity contribution is 0.198. The third kappa shape index (κ3) is 2.41. The van der Waals surface area contributed by atoms with Crippen molar-refractivity contribution in [2.45, 2.75) is 19.9 Å². The fraction of sp³-hybridized carbons (Fsp3) is 0.444. The van der Waals surface area contributed by atoms with Gasteiger partial charge in [-0.3, -0.25) is 4.90 Å². The summed E-state index contributed by atoms with van der Waals surface area (Å²) in [6.07, 6.45) is 7.22. The highest BCUT2D eigenvalue weighted by molar-refractivity contribution is 7.13. The number of nitrogens with zero attached hydrogens (tertiary/aromatic N) is 4. The SMILES string of the molecule is Cc1cnc(OCC23CC2CN(Cc2ncc4ccccn24)C3)s1. The van der Waals surface area contributed by atoms with Gasteiger partial charge in [0.15, 0.2) is 0 Å². The van der Waals surface area contributed by atoms with E-state index in [4.69, 9.17) is 4.74 Å². The Morgan fingerprint density at radius 3 is 3.17 bits per heavy atom. The summed E-state index contributed by atoms with van der Waals surface area (Å²) in [5.41, 5.74) is 1.50. The Hall–Kier alpha value is -1.92. The fourth-order valence-electron chi connectivity index (χ4n) is 3.97. The van der Waals surface area contributed by atoms with Crippen LogP contribution in [0.25, 0.3) is 5.52 Å². The minimum Gasteiger partial charge on any atom is -0.469 e. The first-order valence-corrected chi connectivity index (χ1v) is 9.22. The van der Waals surface area contributed by atoms with Crippen LogP contribution in [0, 0.1) is 18.3 Å². The van der Waals surface area contributed by atoms with Crippen LogP contribution in [-0.4, -0.2) is 39.0 Å². The molecule has 5 rings (SSSR count). The molecule has 2 unspecified atom stereocenters. The molecule has 0 spiro atoms. The number of rotatable bonds is 5. The van der Waals surface area contributed by atoms with Gasteiger partial charge in [0, 0.05) is 35.8 Å². The number of hydrogen-bond donors (Lipinski definition) is 0. The van der Waals surface area contributed by atoms with Gasteiger partial charge in [-0.2, -0.15) is 0 Å². The van der Waals surface area contributed by atoms with Crippen molar-refractivity contribution in [2.75, 3.05) is 19.7 Å². The number of aryl methyl sites for hydroxylation is 1. The molecule has 4 heterocycles. The van der Waals surface area contributed by atoms with Crippen LogP contribution in [0.3, 0.4) is 0 Å². The van der Waals surface area contributed by atoms with E-state index in [1.54, 1.807) is 11.3 Å². The number of likely N-dealkylation sites (tertiary alicyclic amines) is 1. The molecule has 1 aliphatic heterocycles. The van der Waals surface area contributed by atoms with E-state index in [1.165, 1.54) is 11.3 Å². The molecule has 2 fully saturated rings. The van der Waals surface area contributed by atoms with Gasteiger partial charge in [0.25, 0.3) is 5.19 Å². The molecule has 5 nitrogen and oxygen atoms in total. The number of piperidine rings is 1. The zero-order valence-electron chi connectivity index (χ0n) is 13.7. The van der Waals surface area contributed by atoms with E-state index < -0.39 is 0 Å². The summed E-state index contributed by atoms with van der Waals surface area (Å²) < 4.78 is 8.16. The third-order valence-electron chi connectivity index (χ3n) is 5.34. The highest BCUT2D eigenvalue weighted by Gasteiger charge is 2.60. The summed E-state index contributed by atoms with van der Waals surface area (Å²) in [4.78, 5) is 12.6. The predicted octanol–water partition coefficient (Wildman–Crippen LogP) is 3.00. The first-order chi connectivity index (χ1) is 11.7. The summed E-state index contributed by atoms with van der Waals surface area (Å²) >= 11 is 1.63. The quantitative estimate of drug-likeness (QED) is 0.716. The number of ether oxygens (including phenoxy) is 1. The van der Waals surface area contributed by atoms with Crippen LogP contribution in [0.4, 0.5) is 0 Å². The topological polar surface area (TPSA) is 42.7 Å². The van der Waals surface area contributed by atoms with Crippen molar-refractivity contribution in [1.29, 1.82) is 0 Å². The zero-order chi connectivity index (χ0) is 16.1. The van der Waals surface area contributed by atoms with Crippen LogP contribution < -0.4 is 4.74 Å². The number of thiazole rings is 1. The molecule has 3 aromatic heterocycles. The molecule has 1 saturated carbocycles. The minimum absolute atomic E-state index is 0.340. The fourth-order valence-corrected chi connectivity index (χ4v) is 4.57. The van der Waals surface area contributed by atoms with Crippen molar-refractivity contribution in [2.24, 2.45) is 11.3 Å². The normalized spacial score (nSPS) is 26.0. The van der Waals surface area contributed by atoms with Gasteiger partial charge >= 0.3 is 0 Å². The van der Waals surface area contributed by atoms with Crippen LogP contribution in [0.15, 0.2) is 36.8 Å². The van der Waals surface area contributed by atoms with E-state index in [9.17, 15) is 0 Å². The summed E-state index contributed by atoms with van der Waals surface area (Å²) in [5, 5.41) is 0.810. The van der Waals surface area contributed by atoms with Crippen molar-refractivity contribution < 1.29 is 4.74 Å². The molecule has 124 valence electrons. The Balaban J connectivity index is 1.24. The molecule has 2 aliphatic rings. The molecule has 0 aromatic carbocycles. The summed E-state index contributed by atoms with van der Waals surface area (Å²) in [7, 11) is 0. The Bertz CT molecular complexity index is 888. The average Bonchev–Trinajstić information content (AvgIpc) is 2.96. The molecule has 2 atom stereocenters. The third-order valence-corrected chi connectivity index (χ3v) is 6.16. The average molecular weight is 340 g/mol. The Labute approximate surface area is 144 Å². The van der Waals surface area contributed by atoms with E-state index in [-0.39, 0.29) is 0 Å². The van der Waals surface area contributed by atoms with Crippen LogP contribution >= 0.6 is 11.3 Å². The molecule has 0 N–H and O–H groups in total. The lowest BCUT2D eigenvalue weighted by atomic mass is 10.1. The second-order valence-corrected chi connectivity index (χ2v) is 8.33. The van der Waals surface area contributed by atoms with Gasteiger partial charge in [0.05, 0.1) is 24.9 Å². The maximum atomic E-state index is 5.97. The lowest BCUT2D eigenvalue weighted by Gasteiger charge is -2.20. The highest BCUT2D eigenvalue weighted by Crippen LogP contribution is 2.58. The Morgan fingerprint density at radius 2 is 2.29 bits per heavy atom. The molecule has 24 heavy (non-hydrogen) atoms. The van der Waals surface area contributed by atoms with Crippen LogP contribution in [0.2, 0.25) is 0 Å². The maximum absolute atomic E-state index is 5.97. The van der Waals surface area contributed by atoms with Gasteiger partial charge in [0.1, 0.15) is 5.82 Å². The lowest BCUT2D eigenvalue weighted by Crippen LogP contribution is -2.28. The second-order valence-electron chi connectivity index (χ2n) is 7.13. The van der Waals surface area contributed by atoms with Gasteiger partial charge in [-0.05, 0) is 31.4 Å². The summed E-state index contributed by atoms with van der Waals surface area (Å²) in [5.74, 6) is 1.89. The molecular formula is C18H20N4OS. The van der Waals surface area contributed by atoms with E-state index in [2.05, 4.69) is 50.6 Å². The Kier molecular flexibility index (Phi) is 3.18. The van der Waals surface area contributed by atoms with Crippen molar-refractivity contribution in [3.63, 3.8) is 0 Å². The van der Waals surface area contributed by atoms with E-state index >= 15 is 0 Å². The maximum Gasteiger partial charge on any atom is 0.273 e. The first kappa shape index (κ1) is 14.4. The minimum atomic E-state index is 0.340. The number of fused-ring (bicyclic) bond motifs is 2.